The molecule has 1 aliphatic carbocycles. The van der Waals surface area contributed by atoms with Crippen molar-refractivity contribution in [3.63, 3.8) is 0 Å². The first kappa shape index (κ1) is 18.0. The second kappa shape index (κ2) is 8.51. The van der Waals surface area contributed by atoms with Gasteiger partial charge in [0.1, 0.15) is 0 Å². The van der Waals surface area contributed by atoms with Crippen LogP contribution in [-0.4, -0.2) is 47.2 Å². The van der Waals surface area contributed by atoms with Crippen LogP contribution in [0.3, 0.4) is 0 Å². The highest BCUT2D eigenvalue weighted by atomic mass is 32.1. The van der Waals surface area contributed by atoms with Crippen LogP contribution in [0.15, 0.2) is 35.7 Å². The fourth-order valence-electron chi connectivity index (χ4n) is 4.09. The third-order valence-electron chi connectivity index (χ3n) is 5.80. The lowest BCUT2D eigenvalue weighted by Crippen LogP contribution is -2.38. The van der Waals surface area contributed by atoms with Crippen molar-refractivity contribution in [1.82, 2.24) is 15.2 Å². The molecule has 1 saturated carbocycles. The number of likely N-dealkylation sites (tertiary alicyclic amines) is 1. The van der Waals surface area contributed by atoms with Crippen LogP contribution in [0.4, 0.5) is 0 Å². The number of benzene rings is 1. The maximum absolute atomic E-state index is 9.29. The molecule has 26 heavy (non-hydrogen) atoms. The topological polar surface area (TPSA) is 48.4 Å². The first-order valence-corrected chi connectivity index (χ1v) is 10.8. The van der Waals surface area contributed by atoms with Gasteiger partial charge in [0, 0.05) is 18.4 Å². The van der Waals surface area contributed by atoms with Crippen LogP contribution in [0.5, 0.6) is 5.88 Å². The Bertz CT molecular complexity index is 682. The minimum absolute atomic E-state index is 0.170. The number of rotatable bonds is 8. The Balaban J connectivity index is 1.09. The van der Waals surface area contributed by atoms with Crippen molar-refractivity contribution in [3.05, 3.63) is 46.3 Å². The second-order valence-corrected chi connectivity index (χ2v) is 8.70. The maximum atomic E-state index is 9.29. The van der Waals surface area contributed by atoms with Crippen LogP contribution in [0.25, 0.3) is 0 Å². The SMILES string of the molecule is Oc1csc(CCCN2CCC(CNC3CC3c3ccccc3)CC2)n1. The molecule has 0 spiro atoms. The summed E-state index contributed by atoms with van der Waals surface area (Å²) >= 11 is 1.56. The van der Waals surface area contributed by atoms with E-state index in [-0.39, 0.29) is 5.88 Å². The summed E-state index contributed by atoms with van der Waals surface area (Å²) in [4.78, 5) is 6.72. The molecule has 2 aliphatic rings. The number of nitrogens with one attached hydrogen (secondary N) is 1. The molecule has 2 atom stereocenters. The maximum Gasteiger partial charge on any atom is 0.222 e. The van der Waals surface area contributed by atoms with Crippen molar-refractivity contribution in [2.75, 3.05) is 26.2 Å². The number of hydrogen-bond donors (Lipinski definition) is 2. The molecule has 0 bridgehead atoms. The highest BCUT2D eigenvalue weighted by molar-refractivity contribution is 7.09. The summed E-state index contributed by atoms with van der Waals surface area (Å²) in [6.45, 7) is 4.78. The number of aromatic nitrogens is 1. The molecule has 1 aromatic carbocycles. The van der Waals surface area contributed by atoms with Crippen LogP contribution >= 0.6 is 11.3 Å². The Morgan fingerprint density at radius 3 is 2.73 bits per heavy atom. The lowest BCUT2D eigenvalue weighted by atomic mass is 9.96. The van der Waals surface area contributed by atoms with Crippen molar-refractivity contribution in [2.45, 2.75) is 44.1 Å². The van der Waals surface area contributed by atoms with Gasteiger partial charge in [-0.2, -0.15) is 0 Å². The van der Waals surface area contributed by atoms with Crippen LogP contribution in [0, 0.1) is 5.92 Å². The Kier molecular flexibility index (Phi) is 5.88. The molecular weight excluding hydrogens is 342 g/mol. The van der Waals surface area contributed by atoms with Gasteiger partial charge >= 0.3 is 0 Å². The molecule has 5 heteroatoms. The van der Waals surface area contributed by atoms with Gasteiger partial charge in [-0.1, -0.05) is 30.3 Å². The van der Waals surface area contributed by atoms with E-state index in [4.69, 9.17) is 0 Å². The highest BCUT2D eigenvalue weighted by Crippen LogP contribution is 2.40. The number of aryl methyl sites for hydroxylation is 1. The van der Waals surface area contributed by atoms with Gasteiger partial charge in [0.2, 0.25) is 5.88 Å². The Labute approximate surface area is 160 Å². The number of aromatic hydroxyl groups is 1. The van der Waals surface area contributed by atoms with Crippen LogP contribution in [0.1, 0.15) is 42.2 Å². The monoisotopic (exact) mass is 371 g/mol. The normalized spacial score (nSPS) is 24.0. The van der Waals surface area contributed by atoms with Gasteiger partial charge in [-0.3, -0.25) is 0 Å². The van der Waals surface area contributed by atoms with Crippen LogP contribution in [-0.2, 0) is 6.42 Å². The van der Waals surface area contributed by atoms with E-state index in [1.165, 1.54) is 44.5 Å². The zero-order valence-electron chi connectivity index (χ0n) is 15.3. The summed E-state index contributed by atoms with van der Waals surface area (Å²) in [6.07, 6.45) is 6.04. The summed E-state index contributed by atoms with van der Waals surface area (Å²) in [5, 5.41) is 15.9. The van der Waals surface area contributed by atoms with Crippen molar-refractivity contribution in [1.29, 1.82) is 0 Å². The molecular formula is C21H29N3OS. The largest absolute Gasteiger partial charge is 0.493 e. The number of piperidine rings is 1. The molecule has 0 radical (unpaired) electrons. The summed E-state index contributed by atoms with van der Waals surface area (Å²) in [5.74, 6) is 1.74. The predicted octanol–water partition coefficient (Wildman–Crippen LogP) is 3.64. The van der Waals surface area contributed by atoms with Crippen molar-refractivity contribution >= 4 is 11.3 Å². The fourth-order valence-corrected chi connectivity index (χ4v) is 4.79. The molecule has 2 unspecified atom stereocenters. The number of nitrogens with zero attached hydrogens (tertiary/aromatic N) is 2. The standard InChI is InChI=1S/C21H29N3OS/c25-20-15-26-21(23-20)7-4-10-24-11-8-16(9-12-24)14-22-19-13-18(19)17-5-2-1-3-6-17/h1-3,5-6,15-16,18-19,22,25H,4,7-14H2. The Morgan fingerprint density at radius 2 is 2.00 bits per heavy atom. The summed E-state index contributed by atoms with van der Waals surface area (Å²) in [6, 6.07) is 11.6. The minimum atomic E-state index is 0.170. The molecule has 2 N–H and O–H groups in total. The van der Waals surface area contributed by atoms with Gasteiger partial charge < -0.3 is 15.3 Å². The molecule has 1 saturated heterocycles. The third-order valence-corrected chi connectivity index (χ3v) is 6.69. The van der Waals surface area contributed by atoms with E-state index >= 15 is 0 Å². The highest BCUT2D eigenvalue weighted by Gasteiger charge is 2.38. The third kappa shape index (κ3) is 4.84. The lowest BCUT2D eigenvalue weighted by molar-refractivity contribution is 0.180. The second-order valence-electron chi connectivity index (χ2n) is 7.76. The smallest absolute Gasteiger partial charge is 0.222 e. The van der Waals surface area contributed by atoms with Crippen molar-refractivity contribution in [2.24, 2.45) is 5.92 Å². The molecule has 0 amide bonds. The number of hydrogen-bond acceptors (Lipinski definition) is 5. The van der Waals surface area contributed by atoms with Crippen LogP contribution < -0.4 is 5.32 Å². The molecule has 140 valence electrons. The van der Waals surface area contributed by atoms with E-state index in [9.17, 15) is 5.11 Å². The predicted molar refractivity (Wildman–Crippen MR) is 107 cm³/mol. The van der Waals surface area contributed by atoms with E-state index in [1.807, 2.05) is 0 Å². The number of thiazole rings is 1. The van der Waals surface area contributed by atoms with E-state index in [0.717, 1.165) is 36.2 Å². The average Bonchev–Trinajstić information content (AvgIpc) is 3.35. The summed E-state index contributed by atoms with van der Waals surface area (Å²) in [5.41, 5.74) is 1.49. The molecule has 1 aromatic heterocycles. The average molecular weight is 372 g/mol. The van der Waals surface area contributed by atoms with Crippen molar-refractivity contribution < 1.29 is 5.11 Å². The van der Waals surface area contributed by atoms with Gasteiger partial charge in [-0.25, -0.2) is 4.98 Å². The minimum Gasteiger partial charge on any atom is -0.493 e. The zero-order valence-corrected chi connectivity index (χ0v) is 16.1. The van der Waals surface area contributed by atoms with Crippen LogP contribution in [0.2, 0.25) is 0 Å². The molecule has 1 aliphatic heterocycles. The van der Waals surface area contributed by atoms with E-state index in [0.29, 0.717) is 6.04 Å². The lowest BCUT2D eigenvalue weighted by Gasteiger charge is -2.32. The van der Waals surface area contributed by atoms with Gasteiger partial charge in [0.15, 0.2) is 0 Å². The zero-order chi connectivity index (χ0) is 17.8. The first-order valence-electron chi connectivity index (χ1n) is 9.92. The van der Waals surface area contributed by atoms with Gasteiger partial charge in [0.05, 0.1) is 10.4 Å². The van der Waals surface area contributed by atoms with E-state index < -0.39 is 0 Å². The van der Waals surface area contributed by atoms with Gasteiger partial charge in [-0.05, 0) is 63.3 Å². The Morgan fingerprint density at radius 1 is 1.19 bits per heavy atom. The quantitative estimate of drug-likeness (QED) is 0.744. The Hall–Kier alpha value is -1.43. The van der Waals surface area contributed by atoms with E-state index in [2.05, 4.69) is 45.5 Å². The summed E-state index contributed by atoms with van der Waals surface area (Å²) < 4.78 is 0. The fraction of sp³-hybridized carbons (Fsp3) is 0.571. The molecule has 2 heterocycles. The molecule has 4 rings (SSSR count). The molecule has 4 nitrogen and oxygen atoms in total. The van der Waals surface area contributed by atoms with Gasteiger partial charge in [-0.15, -0.1) is 11.3 Å². The first-order chi connectivity index (χ1) is 12.8. The van der Waals surface area contributed by atoms with Crippen molar-refractivity contribution in [3.8, 4) is 5.88 Å². The molecule has 2 aromatic rings. The summed E-state index contributed by atoms with van der Waals surface area (Å²) in [7, 11) is 0. The molecule has 2 fully saturated rings. The van der Waals surface area contributed by atoms with E-state index in [1.54, 1.807) is 16.7 Å². The van der Waals surface area contributed by atoms with Gasteiger partial charge in [0.25, 0.3) is 0 Å².